The van der Waals surface area contributed by atoms with E-state index in [4.69, 9.17) is 4.74 Å². The van der Waals surface area contributed by atoms with Crippen LogP contribution in [0.25, 0.3) is 0 Å². The molecule has 1 saturated heterocycles. The van der Waals surface area contributed by atoms with E-state index >= 15 is 0 Å². The van der Waals surface area contributed by atoms with Crippen molar-refractivity contribution in [2.75, 3.05) is 30.3 Å². The van der Waals surface area contributed by atoms with E-state index in [2.05, 4.69) is 21.3 Å². The van der Waals surface area contributed by atoms with E-state index in [0.29, 0.717) is 36.6 Å². The average Bonchev–Trinajstić information content (AvgIpc) is 3.26. The van der Waals surface area contributed by atoms with E-state index in [1.54, 1.807) is 24.3 Å². The van der Waals surface area contributed by atoms with Crippen molar-refractivity contribution in [3.8, 4) is 0 Å². The maximum absolute atomic E-state index is 12.2. The molecular formula is C22H26N4O4. The predicted molar refractivity (Wildman–Crippen MR) is 115 cm³/mol. The van der Waals surface area contributed by atoms with E-state index in [0.717, 1.165) is 18.4 Å². The van der Waals surface area contributed by atoms with Crippen LogP contribution < -0.4 is 21.3 Å². The van der Waals surface area contributed by atoms with Gasteiger partial charge in [0, 0.05) is 36.6 Å². The first kappa shape index (κ1) is 21.3. The molecule has 0 aliphatic carbocycles. The first-order valence-corrected chi connectivity index (χ1v) is 9.93. The highest BCUT2D eigenvalue weighted by Crippen LogP contribution is 2.13. The molecule has 1 atom stereocenters. The number of hydrogen-bond acceptors (Lipinski definition) is 4. The van der Waals surface area contributed by atoms with E-state index in [9.17, 15) is 14.4 Å². The smallest absolute Gasteiger partial charge is 0.323 e. The monoisotopic (exact) mass is 410 g/mol. The van der Waals surface area contributed by atoms with Gasteiger partial charge in [-0.3, -0.25) is 9.59 Å². The predicted octanol–water partition coefficient (Wildman–Crippen LogP) is 2.66. The maximum atomic E-state index is 12.2. The Kier molecular flexibility index (Phi) is 7.40. The van der Waals surface area contributed by atoms with Gasteiger partial charge in [-0.2, -0.15) is 0 Å². The van der Waals surface area contributed by atoms with Crippen LogP contribution in [0.4, 0.5) is 16.2 Å². The van der Waals surface area contributed by atoms with Crippen LogP contribution in [-0.4, -0.2) is 43.6 Å². The molecule has 1 heterocycles. The van der Waals surface area contributed by atoms with E-state index in [-0.39, 0.29) is 23.9 Å². The molecule has 1 fully saturated rings. The zero-order valence-corrected chi connectivity index (χ0v) is 16.9. The fourth-order valence-electron chi connectivity index (χ4n) is 3.08. The number of carbonyl (C=O) groups is 3. The van der Waals surface area contributed by atoms with E-state index < -0.39 is 0 Å². The Labute approximate surface area is 175 Å². The number of nitrogens with one attached hydrogen (secondary N) is 4. The molecule has 0 saturated carbocycles. The van der Waals surface area contributed by atoms with Gasteiger partial charge in [0.25, 0.3) is 5.91 Å². The number of carbonyl (C=O) groups excluding carboxylic acids is 3. The zero-order chi connectivity index (χ0) is 21.3. The Bertz CT molecular complexity index is 892. The lowest BCUT2D eigenvalue weighted by Crippen LogP contribution is -2.39. The van der Waals surface area contributed by atoms with E-state index in [1.807, 2.05) is 31.2 Å². The number of rotatable bonds is 7. The molecule has 1 aliphatic rings. The normalized spacial score (nSPS) is 15.3. The summed E-state index contributed by atoms with van der Waals surface area (Å²) in [5.74, 6) is -0.391. The van der Waals surface area contributed by atoms with Crippen LogP contribution in [0.3, 0.4) is 0 Å². The van der Waals surface area contributed by atoms with Gasteiger partial charge in [0.1, 0.15) is 6.10 Å². The molecular weight excluding hydrogens is 384 g/mol. The van der Waals surface area contributed by atoms with Gasteiger partial charge >= 0.3 is 6.03 Å². The topological polar surface area (TPSA) is 109 Å². The van der Waals surface area contributed by atoms with Gasteiger partial charge in [-0.25, -0.2) is 4.79 Å². The molecule has 4 amide bonds. The molecule has 8 nitrogen and oxygen atoms in total. The zero-order valence-electron chi connectivity index (χ0n) is 16.9. The van der Waals surface area contributed by atoms with Crippen molar-refractivity contribution in [1.29, 1.82) is 0 Å². The average molecular weight is 410 g/mol. The van der Waals surface area contributed by atoms with Gasteiger partial charge in [0.2, 0.25) is 5.91 Å². The highest BCUT2D eigenvalue weighted by atomic mass is 16.5. The van der Waals surface area contributed by atoms with Crippen molar-refractivity contribution in [2.24, 2.45) is 0 Å². The Balaban J connectivity index is 1.40. The summed E-state index contributed by atoms with van der Waals surface area (Å²) in [5.41, 5.74) is 2.79. The lowest BCUT2D eigenvalue weighted by atomic mass is 10.2. The van der Waals surface area contributed by atoms with Crippen molar-refractivity contribution >= 4 is 29.2 Å². The van der Waals surface area contributed by atoms with Crippen LogP contribution in [0, 0.1) is 6.92 Å². The van der Waals surface area contributed by atoms with Crippen LogP contribution in [0.2, 0.25) is 0 Å². The Morgan fingerprint density at radius 3 is 2.40 bits per heavy atom. The SMILES string of the molecule is Cc1cccc(NC(=O)Nc2ccc(C(=O)NCCNC(=O)C3CCCO3)cc2)c1. The van der Waals surface area contributed by atoms with Crippen molar-refractivity contribution in [2.45, 2.75) is 25.9 Å². The molecule has 2 aromatic rings. The summed E-state index contributed by atoms with van der Waals surface area (Å²) in [6, 6.07) is 13.7. The summed E-state index contributed by atoms with van der Waals surface area (Å²) in [4.78, 5) is 36.1. The number of hydrogen-bond donors (Lipinski definition) is 4. The Morgan fingerprint density at radius 2 is 1.70 bits per heavy atom. The minimum Gasteiger partial charge on any atom is -0.368 e. The maximum Gasteiger partial charge on any atom is 0.323 e. The number of anilines is 2. The summed E-state index contributed by atoms with van der Waals surface area (Å²) >= 11 is 0. The third-order valence-electron chi connectivity index (χ3n) is 4.61. The van der Waals surface area contributed by atoms with Crippen LogP contribution in [0.5, 0.6) is 0 Å². The van der Waals surface area contributed by atoms with Crippen LogP contribution in [0.1, 0.15) is 28.8 Å². The van der Waals surface area contributed by atoms with Gasteiger partial charge in [-0.05, 0) is 61.7 Å². The fourth-order valence-corrected chi connectivity index (χ4v) is 3.08. The molecule has 4 N–H and O–H groups in total. The number of benzene rings is 2. The minimum absolute atomic E-state index is 0.138. The van der Waals surface area contributed by atoms with Crippen LogP contribution in [0.15, 0.2) is 48.5 Å². The molecule has 0 bridgehead atoms. The van der Waals surface area contributed by atoms with E-state index in [1.165, 1.54) is 0 Å². The molecule has 1 unspecified atom stereocenters. The lowest BCUT2D eigenvalue weighted by molar-refractivity contribution is -0.129. The van der Waals surface area contributed by atoms with Crippen molar-refractivity contribution in [3.05, 3.63) is 59.7 Å². The van der Waals surface area contributed by atoms with Crippen LogP contribution >= 0.6 is 0 Å². The summed E-state index contributed by atoms with van der Waals surface area (Å²) in [5, 5.41) is 11.0. The number of urea groups is 1. The third-order valence-corrected chi connectivity index (χ3v) is 4.61. The molecule has 8 heteroatoms. The largest absolute Gasteiger partial charge is 0.368 e. The van der Waals surface area contributed by atoms with Gasteiger partial charge in [0.15, 0.2) is 0 Å². The van der Waals surface area contributed by atoms with Gasteiger partial charge in [0.05, 0.1) is 0 Å². The molecule has 0 radical (unpaired) electrons. The summed E-state index contributed by atoms with van der Waals surface area (Å²) in [6.07, 6.45) is 1.26. The molecule has 2 aromatic carbocycles. The third kappa shape index (κ3) is 6.31. The van der Waals surface area contributed by atoms with Crippen LogP contribution in [-0.2, 0) is 9.53 Å². The summed E-state index contributed by atoms with van der Waals surface area (Å²) in [6.45, 7) is 3.22. The molecule has 0 spiro atoms. The first-order chi connectivity index (χ1) is 14.5. The van der Waals surface area contributed by atoms with Gasteiger partial charge in [-0.1, -0.05) is 12.1 Å². The van der Waals surface area contributed by atoms with Gasteiger partial charge in [-0.15, -0.1) is 0 Å². The Hall–Kier alpha value is -3.39. The quantitative estimate of drug-likeness (QED) is 0.526. The standard InChI is InChI=1S/C22H26N4O4/c1-15-4-2-5-18(14-15)26-22(29)25-17-9-7-16(8-10-17)20(27)23-11-12-24-21(28)19-6-3-13-30-19/h2,4-5,7-10,14,19H,3,6,11-13H2,1H3,(H,23,27)(H,24,28)(H2,25,26,29). The minimum atomic E-state index is -0.371. The van der Waals surface area contributed by atoms with Gasteiger partial charge < -0.3 is 26.0 Å². The highest BCUT2D eigenvalue weighted by Gasteiger charge is 2.22. The van der Waals surface area contributed by atoms with Crippen molar-refractivity contribution in [1.82, 2.24) is 10.6 Å². The summed E-state index contributed by atoms with van der Waals surface area (Å²) in [7, 11) is 0. The highest BCUT2D eigenvalue weighted by molar-refractivity contribution is 6.00. The number of aryl methyl sites for hydroxylation is 1. The molecule has 30 heavy (non-hydrogen) atoms. The van der Waals surface area contributed by atoms with Crippen molar-refractivity contribution in [3.63, 3.8) is 0 Å². The lowest BCUT2D eigenvalue weighted by Gasteiger charge is -2.11. The molecule has 0 aromatic heterocycles. The number of ether oxygens (including phenoxy) is 1. The molecule has 1 aliphatic heterocycles. The second-order valence-corrected chi connectivity index (χ2v) is 7.07. The second-order valence-electron chi connectivity index (χ2n) is 7.07. The fraction of sp³-hybridized carbons (Fsp3) is 0.318. The molecule has 158 valence electrons. The molecule has 3 rings (SSSR count). The summed E-state index contributed by atoms with van der Waals surface area (Å²) < 4.78 is 5.31. The number of amides is 4. The first-order valence-electron chi connectivity index (χ1n) is 9.93. The Morgan fingerprint density at radius 1 is 0.967 bits per heavy atom. The van der Waals surface area contributed by atoms with Crippen molar-refractivity contribution < 1.29 is 19.1 Å². The second kappa shape index (κ2) is 10.4.